The molecule has 60 valence electrons. The molecular weight excluding hydrogens is 136 g/mol. The normalized spacial score (nSPS) is 15.4. The minimum absolute atomic E-state index is 1.14. The lowest BCUT2D eigenvalue weighted by atomic mass is 10.1. The molecule has 0 bridgehead atoms. The van der Waals surface area contributed by atoms with Gasteiger partial charge in [0.25, 0.3) is 0 Å². The summed E-state index contributed by atoms with van der Waals surface area (Å²) in [6.45, 7) is 3.36. The van der Waals surface area contributed by atoms with Crippen molar-refractivity contribution in [3.05, 3.63) is 17.5 Å². The van der Waals surface area contributed by atoms with Gasteiger partial charge in [-0.05, 0) is 24.8 Å². The first kappa shape index (κ1) is 6.89. The molecule has 0 aliphatic carbocycles. The highest BCUT2D eigenvalue weighted by molar-refractivity contribution is 5.20. The molecule has 1 aromatic rings. The van der Waals surface area contributed by atoms with Gasteiger partial charge < -0.3 is 0 Å². The van der Waals surface area contributed by atoms with Gasteiger partial charge in [-0.2, -0.15) is 5.10 Å². The van der Waals surface area contributed by atoms with Gasteiger partial charge in [0.1, 0.15) is 0 Å². The van der Waals surface area contributed by atoms with Crippen molar-refractivity contribution in [3.63, 3.8) is 0 Å². The van der Waals surface area contributed by atoms with E-state index in [2.05, 4.69) is 16.7 Å². The molecule has 1 aliphatic rings. The Morgan fingerprint density at radius 3 is 3.36 bits per heavy atom. The van der Waals surface area contributed by atoms with Gasteiger partial charge in [-0.25, -0.2) is 0 Å². The maximum Gasteiger partial charge on any atom is 0.0524 e. The van der Waals surface area contributed by atoms with Gasteiger partial charge in [0.05, 0.1) is 6.20 Å². The highest BCUT2D eigenvalue weighted by Crippen LogP contribution is 2.18. The summed E-state index contributed by atoms with van der Waals surface area (Å²) in [6, 6.07) is 0. The summed E-state index contributed by atoms with van der Waals surface area (Å²) in [6.07, 6.45) is 7.02. The van der Waals surface area contributed by atoms with Gasteiger partial charge in [0.2, 0.25) is 0 Å². The molecule has 0 saturated carbocycles. The van der Waals surface area contributed by atoms with Crippen LogP contribution in [0.4, 0.5) is 0 Å². The van der Waals surface area contributed by atoms with Gasteiger partial charge in [-0.15, -0.1) is 0 Å². The van der Waals surface area contributed by atoms with Crippen molar-refractivity contribution >= 4 is 0 Å². The van der Waals surface area contributed by atoms with Gasteiger partial charge in [-0.3, -0.25) is 4.68 Å². The summed E-state index contributed by atoms with van der Waals surface area (Å²) in [5.41, 5.74) is 2.97. The smallest absolute Gasteiger partial charge is 0.0524 e. The molecular formula is C9H14N2. The molecule has 0 fully saturated rings. The number of rotatable bonds is 2. The lowest BCUT2D eigenvalue weighted by molar-refractivity contribution is 0.656. The number of nitrogens with zero attached hydrogens (tertiary/aromatic N) is 2. The summed E-state index contributed by atoms with van der Waals surface area (Å²) in [5, 5.41) is 4.33. The molecule has 0 aromatic carbocycles. The van der Waals surface area contributed by atoms with Crippen LogP contribution in [0, 0.1) is 0 Å². The van der Waals surface area contributed by atoms with Crippen molar-refractivity contribution in [1.82, 2.24) is 9.78 Å². The molecule has 0 saturated heterocycles. The summed E-state index contributed by atoms with van der Waals surface area (Å²) in [5.74, 6) is 0. The Kier molecular flexibility index (Phi) is 1.68. The monoisotopic (exact) mass is 150 g/mol. The Morgan fingerprint density at radius 1 is 1.64 bits per heavy atom. The van der Waals surface area contributed by atoms with E-state index in [1.54, 1.807) is 0 Å². The quantitative estimate of drug-likeness (QED) is 0.628. The molecule has 0 amide bonds. The van der Waals surface area contributed by atoms with Gasteiger partial charge in [0.15, 0.2) is 0 Å². The third kappa shape index (κ3) is 1.06. The molecule has 0 atom stereocenters. The number of hydrogen-bond donors (Lipinski definition) is 0. The van der Waals surface area contributed by atoms with Crippen molar-refractivity contribution in [2.75, 3.05) is 0 Å². The number of fused-ring (bicyclic) bond motifs is 1. The third-order valence-corrected chi connectivity index (χ3v) is 2.34. The molecule has 1 aliphatic heterocycles. The van der Waals surface area contributed by atoms with E-state index in [0.29, 0.717) is 0 Å². The molecule has 2 rings (SSSR count). The second kappa shape index (κ2) is 2.68. The van der Waals surface area contributed by atoms with Crippen LogP contribution in [0.1, 0.15) is 31.0 Å². The summed E-state index contributed by atoms with van der Waals surface area (Å²) in [4.78, 5) is 0. The molecule has 11 heavy (non-hydrogen) atoms. The fourth-order valence-corrected chi connectivity index (χ4v) is 1.81. The van der Waals surface area contributed by atoms with Gasteiger partial charge >= 0.3 is 0 Å². The fourth-order valence-electron chi connectivity index (χ4n) is 1.81. The van der Waals surface area contributed by atoms with E-state index in [9.17, 15) is 0 Å². The third-order valence-electron chi connectivity index (χ3n) is 2.34. The Labute approximate surface area is 67.2 Å². The lowest BCUT2D eigenvalue weighted by Gasteiger charge is -1.95. The van der Waals surface area contributed by atoms with Crippen LogP contribution in [0.15, 0.2) is 6.20 Å². The lowest BCUT2D eigenvalue weighted by Crippen LogP contribution is -1.94. The van der Waals surface area contributed by atoms with Crippen LogP contribution in [0.3, 0.4) is 0 Å². The van der Waals surface area contributed by atoms with Crippen molar-refractivity contribution in [3.8, 4) is 0 Å². The molecule has 1 aromatic heterocycles. The zero-order chi connectivity index (χ0) is 7.68. The van der Waals surface area contributed by atoms with Gasteiger partial charge in [-0.1, -0.05) is 13.3 Å². The second-order valence-electron chi connectivity index (χ2n) is 3.19. The van der Waals surface area contributed by atoms with Crippen LogP contribution in [-0.4, -0.2) is 9.78 Å². The Balaban J connectivity index is 2.27. The topological polar surface area (TPSA) is 17.8 Å². The van der Waals surface area contributed by atoms with E-state index in [0.717, 1.165) is 6.54 Å². The predicted octanol–water partition coefficient (Wildman–Crippen LogP) is 1.78. The zero-order valence-electron chi connectivity index (χ0n) is 7.01. The van der Waals surface area contributed by atoms with E-state index in [-0.39, 0.29) is 0 Å². The van der Waals surface area contributed by atoms with E-state index >= 15 is 0 Å². The average molecular weight is 150 g/mol. The second-order valence-corrected chi connectivity index (χ2v) is 3.19. The van der Waals surface area contributed by atoms with Crippen molar-refractivity contribution in [1.29, 1.82) is 0 Å². The van der Waals surface area contributed by atoms with E-state index in [1.165, 1.54) is 36.9 Å². The summed E-state index contributed by atoms with van der Waals surface area (Å²) < 4.78 is 2.16. The van der Waals surface area contributed by atoms with E-state index < -0.39 is 0 Å². The first-order valence-electron chi connectivity index (χ1n) is 4.45. The van der Waals surface area contributed by atoms with Crippen molar-refractivity contribution < 1.29 is 0 Å². The van der Waals surface area contributed by atoms with Crippen molar-refractivity contribution in [2.45, 2.75) is 39.2 Å². The maximum absolute atomic E-state index is 4.33. The number of aryl methyl sites for hydroxylation is 2. The number of aromatic nitrogens is 2. The zero-order valence-corrected chi connectivity index (χ0v) is 7.01. The highest BCUT2D eigenvalue weighted by Gasteiger charge is 2.14. The first-order chi connectivity index (χ1) is 5.42. The van der Waals surface area contributed by atoms with Crippen LogP contribution in [0.2, 0.25) is 0 Å². The molecule has 2 nitrogen and oxygen atoms in total. The van der Waals surface area contributed by atoms with Gasteiger partial charge in [0, 0.05) is 12.2 Å². The molecule has 0 N–H and O–H groups in total. The summed E-state index contributed by atoms with van der Waals surface area (Å²) >= 11 is 0. The van der Waals surface area contributed by atoms with Crippen molar-refractivity contribution in [2.24, 2.45) is 0 Å². The van der Waals surface area contributed by atoms with Crippen LogP contribution >= 0.6 is 0 Å². The van der Waals surface area contributed by atoms with E-state index in [4.69, 9.17) is 0 Å². The SMILES string of the molecule is CCCc1cnn2c1CCC2. The Hall–Kier alpha value is -0.790. The largest absolute Gasteiger partial charge is 0.269 e. The first-order valence-corrected chi connectivity index (χ1v) is 4.45. The molecule has 0 spiro atoms. The average Bonchev–Trinajstić information content (AvgIpc) is 2.53. The molecule has 0 radical (unpaired) electrons. The minimum Gasteiger partial charge on any atom is -0.269 e. The Bertz CT molecular complexity index is 250. The van der Waals surface area contributed by atoms with Crippen LogP contribution in [0.25, 0.3) is 0 Å². The number of hydrogen-bond acceptors (Lipinski definition) is 1. The van der Waals surface area contributed by atoms with Crippen LogP contribution in [-0.2, 0) is 19.4 Å². The minimum atomic E-state index is 1.14. The molecule has 2 heteroatoms. The van der Waals surface area contributed by atoms with E-state index in [1.807, 2.05) is 6.20 Å². The standard InChI is InChI=1S/C9H14N2/c1-2-4-8-7-10-11-6-3-5-9(8)11/h7H,2-6H2,1H3. The molecule has 2 heterocycles. The maximum atomic E-state index is 4.33. The molecule has 0 unspecified atom stereocenters. The predicted molar refractivity (Wildman–Crippen MR) is 44.5 cm³/mol. The fraction of sp³-hybridized carbons (Fsp3) is 0.667. The Morgan fingerprint density at radius 2 is 2.55 bits per heavy atom. The van der Waals surface area contributed by atoms with Crippen LogP contribution < -0.4 is 0 Å². The highest BCUT2D eigenvalue weighted by atomic mass is 15.3. The van der Waals surface area contributed by atoms with Crippen LogP contribution in [0.5, 0.6) is 0 Å². The summed E-state index contributed by atoms with van der Waals surface area (Å²) in [7, 11) is 0.